The monoisotopic (exact) mass is 372 g/mol. The molecule has 0 radical (unpaired) electrons. The van der Waals surface area contributed by atoms with Crippen LogP contribution < -0.4 is 5.43 Å². The van der Waals surface area contributed by atoms with Crippen molar-refractivity contribution in [2.45, 2.75) is 0 Å². The van der Waals surface area contributed by atoms with Crippen LogP contribution in [0, 0.1) is 0 Å². The van der Waals surface area contributed by atoms with Gasteiger partial charge in [-0.3, -0.25) is 4.79 Å². The molecule has 0 saturated carbocycles. The van der Waals surface area contributed by atoms with Crippen molar-refractivity contribution in [3.63, 3.8) is 0 Å². The van der Waals surface area contributed by atoms with Gasteiger partial charge in [0.25, 0.3) is 5.91 Å². The van der Waals surface area contributed by atoms with Crippen LogP contribution in [-0.4, -0.2) is 27.4 Å². The Hall–Kier alpha value is -4.06. The van der Waals surface area contributed by atoms with E-state index in [1.165, 1.54) is 24.4 Å². The van der Waals surface area contributed by atoms with Crippen LogP contribution >= 0.6 is 0 Å². The van der Waals surface area contributed by atoms with Crippen LogP contribution in [0.3, 0.4) is 0 Å². The number of phenols is 3. The molecule has 0 aliphatic carbocycles. The number of carbonyl (C=O) groups excluding carboxylic acids is 1. The van der Waals surface area contributed by atoms with Gasteiger partial charge in [-0.15, -0.1) is 0 Å². The third kappa shape index (κ3) is 3.19. The quantitative estimate of drug-likeness (QED) is 0.324. The molecule has 0 aromatic heterocycles. The van der Waals surface area contributed by atoms with Crippen molar-refractivity contribution in [1.29, 1.82) is 0 Å². The molecule has 138 valence electrons. The van der Waals surface area contributed by atoms with Gasteiger partial charge >= 0.3 is 0 Å². The molecule has 4 N–H and O–H groups in total. The van der Waals surface area contributed by atoms with Crippen molar-refractivity contribution in [3.8, 4) is 17.2 Å². The number of benzene rings is 4. The van der Waals surface area contributed by atoms with Gasteiger partial charge in [0.1, 0.15) is 17.2 Å². The Morgan fingerprint density at radius 2 is 1.54 bits per heavy atom. The molecule has 0 unspecified atom stereocenters. The van der Waals surface area contributed by atoms with Gasteiger partial charge in [0.15, 0.2) is 0 Å². The molecule has 0 atom stereocenters. The van der Waals surface area contributed by atoms with Crippen LogP contribution in [0.4, 0.5) is 0 Å². The van der Waals surface area contributed by atoms with E-state index in [9.17, 15) is 20.1 Å². The van der Waals surface area contributed by atoms with E-state index < -0.39 is 5.91 Å². The molecule has 0 aliphatic rings. The largest absolute Gasteiger partial charge is 0.508 e. The van der Waals surface area contributed by atoms with Crippen molar-refractivity contribution >= 4 is 33.7 Å². The molecule has 6 heteroatoms. The first-order chi connectivity index (χ1) is 13.5. The standard InChI is InChI=1S/C22H16N2O4/c25-16-7-5-13-6-8-20(26)19(17(13)11-16)12-23-24-22(28)18-9-14-3-1-2-4-15(14)10-21(18)27/h1-12,25-27H,(H,24,28). The van der Waals surface area contributed by atoms with Crippen LogP contribution in [0.5, 0.6) is 17.2 Å². The smallest absolute Gasteiger partial charge is 0.275 e. The third-order valence-corrected chi connectivity index (χ3v) is 4.49. The van der Waals surface area contributed by atoms with Crippen LogP contribution in [0.1, 0.15) is 15.9 Å². The van der Waals surface area contributed by atoms with Crippen molar-refractivity contribution in [1.82, 2.24) is 5.43 Å². The zero-order valence-corrected chi connectivity index (χ0v) is 14.6. The number of carbonyl (C=O) groups is 1. The van der Waals surface area contributed by atoms with Gasteiger partial charge in [0.2, 0.25) is 0 Å². The summed E-state index contributed by atoms with van der Waals surface area (Å²) in [6.45, 7) is 0. The summed E-state index contributed by atoms with van der Waals surface area (Å²) in [5.74, 6) is -0.714. The number of hydrogen-bond acceptors (Lipinski definition) is 5. The Balaban J connectivity index is 1.63. The first kappa shape index (κ1) is 17.4. The average molecular weight is 372 g/mol. The van der Waals surface area contributed by atoms with Gasteiger partial charge in [-0.2, -0.15) is 5.10 Å². The lowest BCUT2D eigenvalue weighted by atomic mass is 10.0. The molecule has 6 nitrogen and oxygen atoms in total. The molecule has 4 aromatic carbocycles. The topological polar surface area (TPSA) is 102 Å². The molecule has 28 heavy (non-hydrogen) atoms. The molecule has 0 aliphatic heterocycles. The highest BCUT2D eigenvalue weighted by Gasteiger charge is 2.12. The lowest BCUT2D eigenvalue weighted by Crippen LogP contribution is -2.17. The van der Waals surface area contributed by atoms with Gasteiger partial charge < -0.3 is 15.3 Å². The zero-order valence-electron chi connectivity index (χ0n) is 14.6. The maximum atomic E-state index is 12.4. The minimum Gasteiger partial charge on any atom is -0.508 e. The number of aromatic hydroxyl groups is 3. The van der Waals surface area contributed by atoms with Crippen molar-refractivity contribution in [2.24, 2.45) is 5.10 Å². The Morgan fingerprint density at radius 1 is 0.821 bits per heavy atom. The van der Waals surface area contributed by atoms with Crippen molar-refractivity contribution < 1.29 is 20.1 Å². The molecule has 0 spiro atoms. The molecular weight excluding hydrogens is 356 g/mol. The number of rotatable bonds is 3. The van der Waals surface area contributed by atoms with Crippen molar-refractivity contribution in [3.05, 3.63) is 77.9 Å². The Bertz CT molecular complexity index is 1240. The zero-order chi connectivity index (χ0) is 19.7. The highest BCUT2D eigenvalue weighted by atomic mass is 16.3. The van der Waals surface area contributed by atoms with E-state index in [0.29, 0.717) is 10.9 Å². The van der Waals surface area contributed by atoms with Crippen LogP contribution in [0.25, 0.3) is 21.5 Å². The summed E-state index contributed by atoms with van der Waals surface area (Å²) in [7, 11) is 0. The predicted octanol–water partition coefficient (Wildman–Crippen LogP) is 3.87. The Morgan fingerprint density at radius 3 is 2.32 bits per heavy atom. The lowest BCUT2D eigenvalue weighted by molar-refractivity contribution is 0.0952. The number of amides is 1. The van der Waals surface area contributed by atoms with Gasteiger partial charge in [-0.1, -0.05) is 36.4 Å². The summed E-state index contributed by atoms with van der Waals surface area (Å²) in [5, 5.41) is 36.9. The highest BCUT2D eigenvalue weighted by Crippen LogP contribution is 2.28. The van der Waals surface area contributed by atoms with Crippen LogP contribution in [-0.2, 0) is 0 Å². The van der Waals surface area contributed by atoms with E-state index >= 15 is 0 Å². The highest BCUT2D eigenvalue weighted by molar-refractivity contribution is 6.04. The second-order valence-electron chi connectivity index (χ2n) is 6.32. The van der Waals surface area contributed by atoms with E-state index in [1.54, 1.807) is 24.3 Å². The number of hydrogen-bond donors (Lipinski definition) is 4. The van der Waals surface area contributed by atoms with E-state index in [-0.39, 0.29) is 22.8 Å². The fourth-order valence-corrected chi connectivity index (χ4v) is 3.08. The summed E-state index contributed by atoms with van der Waals surface area (Å²) in [4.78, 5) is 12.4. The first-order valence-corrected chi connectivity index (χ1v) is 8.53. The second kappa shape index (κ2) is 6.92. The van der Waals surface area contributed by atoms with E-state index in [2.05, 4.69) is 10.5 Å². The molecule has 4 aromatic rings. The van der Waals surface area contributed by atoms with E-state index in [1.807, 2.05) is 24.3 Å². The molecule has 0 fully saturated rings. The number of fused-ring (bicyclic) bond motifs is 2. The lowest BCUT2D eigenvalue weighted by Gasteiger charge is -2.07. The number of hydrazone groups is 1. The molecule has 0 saturated heterocycles. The summed E-state index contributed by atoms with van der Waals surface area (Å²) in [6, 6.07) is 18.5. The van der Waals surface area contributed by atoms with E-state index in [0.717, 1.165) is 16.2 Å². The minimum absolute atomic E-state index is 0.0374. The summed E-state index contributed by atoms with van der Waals surface area (Å²) < 4.78 is 0. The molecule has 1 amide bonds. The number of phenolic OH excluding ortho intramolecular Hbond substituents is 3. The van der Waals surface area contributed by atoms with Crippen LogP contribution in [0.15, 0.2) is 71.8 Å². The summed E-state index contributed by atoms with van der Waals surface area (Å²) >= 11 is 0. The van der Waals surface area contributed by atoms with Crippen molar-refractivity contribution in [2.75, 3.05) is 0 Å². The van der Waals surface area contributed by atoms with Gasteiger partial charge in [-0.05, 0) is 51.9 Å². The Labute approximate surface area is 160 Å². The maximum Gasteiger partial charge on any atom is 0.275 e. The predicted molar refractivity (Wildman–Crippen MR) is 108 cm³/mol. The fourth-order valence-electron chi connectivity index (χ4n) is 3.08. The number of nitrogens with zero attached hydrogens (tertiary/aromatic N) is 1. The molecule has 0 bridgehead atoms. The van der Waals surface area contributed by atoms with Crippen LogP contribution in [0.2, 0.25) is 0 Å². The van der Waals surface area contributed by atoms with E-state index in [4.69, 9.17) is 0 Å². The Kier molecular flexibility index (Phi) is 4.29. The number of nitrogens with one attached hydrogen (secondary N) is 1. The first-order valence-electron chi connectivity index (χ1n) is 8.53. The fraction of sp³-hybridized carbons (Fsp3) is 0. The molecule has 4 rings (SSSR count). The normalized spacial score (nSPS) is 11.3. The maximum absolute atomic E-state index is 12.4. The summed E-state index contributed by atoms with van der Waals surface area (Å²) in [5.41, 5.74) is 2.81. The summed E-state index contributed by atoms with van der Waals surface area (Å²) in [6.07, 6.45) is 1.30. The minimum atomic E-state index is -0.581. The molecule has 0 heterocycles. The molecular formula is C22H16N2O4. The van der Waals surface area contributed by atoms with Gasteiger partial charge in [0, 0.05) is 5.56 Å². The SMILES string of the molecule is O=C(NN=Cc1c(O)ccc2ccc(O)cc12)c1cc2ccccc2cc1O. The second-order valence-corrected chi connectivity index (χ2v) is 6.32. The third-order valence-electron chi connectivity index (χ3n) is 4.49. The van der Waals surface area contributed by atoms with Gasteiger partial charge in [-0.25, -0.2) is 5.43 Å². The average Bonchev–Trinajstić information content (AvgIpc) is 2.69. The van der Waals surface area contributed by atoms with Gasteiger partial charge in [0.05, 0.1) is 11.8 Å².